The fraction of sp³-hybridized carbons (Fsp3) is 0.391. The van der Waals surface area contributed by atoms with Crippen molar-refractivity contribution in [3.63, 3.8) is 0 Å². The molecule has 0 aliphatic carbocycles. The van der Waals surface area contributed by atoms with Crippen LogP contribution < -0.4 is 5.32 Å². The first-order chi connectivity index (χ1) is 14.5. The molecule has 5 nitrogen and oxygen atoms in total. The van der Waals surface area contributed by atoms with Crippen LogP contribution in [0.25, 0.3) is 0 Å². The highest BCUT2D eigenvalue weighted by Crippen LogP contribution is 2.14. The summed E-state index contributed by atoms with van der Waals surface area (Å²) in [6.45, 7) is 5.74. The Balaban J connectivity index is 1.43. The van der Waals surface area contributed by atoms with Crippen molar-refractivity contribution >= 4 is 23.3 Å². The van der Waals surface area contributed by atoms with Crippen LogP contribution in [0.3, 0.4) is 0 Å². The van der Waals surface area contributed by atoms with Gasteiger partial charge in [0.05, 0.1) is 12.6 Å². The van der Waals surface area contributed by atoms with E-state index in [1.807, 2.05) is 37.3 Å². The smallest absolute Gasteiger partial charge is 0.320 e. The zero-order valence-electron chi connectivity index (χ0n) is 17.2. The second kappa shape index (κ2) is 11.0. The summed E-state index contributed by atoms with van der Waals surface area (Å²) in [7, 11) is 0. The number of carbonyl (C=O) groups excluding carboxylic acids is 1. The van der Waals surface area contributed by atoms with Gasteiger partial charge in [-0.3, -0.25) is 9.69 Å². The van der Waals surface area contributed by atoms with Crippen molar-refractivity contribution in [1.82, 2.24) is 15.1 Å². The minimum atomic E-state index is -0.247. The van der Waals surface area contributed by atoms with E-state index in [1.54, 1.807) is 12.1 Å². The molecule has 1 saturated heterocycles. The van der Waals surface area contributed by atoms with E-state index < -0.39 is 0 Å². The summed E-state index contributed by atoms with van der Waals surface area (Å²) in [5, 5.41) is 4.01. The molecule has 3 rings (SSSR count). The van der Waals surface area contributed by atoms with Gasteiger partial charge in [-0.05, 0) is 48.8 Å². The lowest BCUT2D eigenvalue weighted by Gasteiger charge is -2.27. The van der Waals surface area contributed by atoms with Crippen LogP contribution in [0, 0.1) is 5.82 Å². The van der Waals surface area contributed by atoms with Crippen molar-refractivity contribution in [2.24, 2.45) is 0 Å². The van der Waals surface area contributed by atoms with Crippen LogP contribution in [-0.4, -0.2) is 53.6 Å². The highest BCUT2D eigenvalue weighted by Gasteiger charge is 2.20. The number of ether oxygens (including phenoxy) is 1. The van der Waals surface area contributed by atoms with Gasteiger partial charge >= 0.3 is 5.97 Å². The first kappa shape index (κ1) is 22.2. The van der Waals surface area contributed by atoms with Gasteiger partial charge in [0.2, 0.25) is 0 Å². The maximum absolute atomic E-state index is 13.1. The summed E-state index contributed by atoms with van der Waals surface area (Å²) in [6, 6.07) is 16.1. The fourth-order valence-corrected chi connectivity index (χ4v) is 3.77. The van der Waals surface area contributed by atoms with Crippen molar-refractivity contribution in [1.29, 1.82) is 0 Å². The van der Waals surface area contributed by atoms with Crippen molar-refractivity contribution in [3.05, 3.63) is 71.5 Å². The Hall–Kier alpha value is -2.51. The SMILES string of the molecule is CC(NC(=S)N1CCCN(CC(=O)OCc2ccccc2)CC1)c1ccc(F)cc1. The van der Waals surface area contributed by atoms with Gasteiger partial charge in [0.1, 0.15) is 12.4 Å². The van der Waals surface area contributed by atoms with Gasteiger partial charge < -0.3 is 15.0 Å². The molecule has 0 aromatic heterocycles. The van der Waals surface area contributed by atoms with Crippen molar-refractivity contribution in [3.8, 4) is 0 Å². The van der Waals surface area contributed by atoms with Crippen molar-refractivity contribution in [2.75, 3.05) is 32.7 Å². The molecule has 7 heteroatoms. The minimum Gasteiger partial charge on any atom is -0.460 e. The van der Waals surface area contributed by atoms with Gasteiger partial charge in [0.25, 0.3) is 0 Å². The third-order valence-electron chi connectivity index (χ3n) is 5.18. The van der Waals surface area contributed by atoms with Gasteiger partial charge in [-0.25, -0.2) is 4.39 Å². The number of carbonyl (C=O) groups is 1. The summed E-state index contributed by atoms with van der Waals surface area (Å²) >= 11 is 5.59. The summed E-state index contributed by atoms with van der Waals surface area (Å²) in [6.07, 6.45) is 0.915. The van der Waals surface area contributed by atoms with E-state index in [2.05, 4.69) is 15.1 Å². The zero-order chi connectivity index (χ0) is 21.3. The van der Waals surface area contributed by atoms with Crippen LogP contribution in [0.2, 0.25) is 0 Å². The largest absolute Gasteiger partial charge is 0.460 e. The number of thiocarbonyl (C=S) groups is 1. The molecule has 1 heterocycles. The summed E-state index contributed by atoms with van der Waals surface area (Å²) < 4.78 is 18.5. The Bertz CT molecular complexity index is 832. The topological polar surface area (TPSA) is 44.8 Å². The molecule has 0 bridgehead atoms. The molecule has 1 N–H and O–H groups in total. The number of hydrogen-bond acceptors (Lipinski definition) is 4. The predicted octanol–water partition coefficient (Wildman–Crippen LogP) is 3.51. The number of hydrogen-bond donors (Lipinski definition) is 1. The van der Waals surface area contributed by atoms with Crippen LogP contribution >= 0.6 is 12.2 Å². The lowest BCUT2D eigenvalue weighted by atomic mass is 10.1. The van der Waals surface area contributed by atoms with Gasteiger partial charge in [-0.15, -0.1) is 0 Å². The number of rotatable bonds is 6. The maximum Gasteiger partial charge on any atom is 0.320 e. The van der Waals surface area contributed by atoms with Crippen molar-refractivity contribution in [2.45, 2.75) is 26.0 Å². The Kier molecular flexibility index (Phi) is 8.16. The highest BCUT2D eigenvalue weighted by molar-refractivity contribution is 7.80. The molecule has 30 heavy (non-hydrogen) atoms. The molecule has 1 aliphatic heterocycles. The molecule has 0 radical (unpaired) electrons. The van der Waals surface area contributed by atoms with Crippen LogP contribution in [0.5, 0.6) is 0 Å². The Morgan fingerprint density at radius 3 is 2.57 bits per heavy atom. The van der Waals surface area contributed by atoms with E-state index in [0.717, 1.165) is 43.7 Å². The Labute approximate surface area is 182 Å². The normalized spacial score (nSPS) is 15.9. The third-order valence-corrected chi connectivity index (χ3v) is 5.56. The standard InChI is InChI=1S/C23H28FN3O2S/c1-18(20-8-10-21(24)11-9-20)25-23(30)27-13-5-12-26(14-15-27)16-22(28)29-17-19-6-3-2-4-7-19/h2-4,6-11,18H,5,12-17H2,1H3,(H,25,30). The Morgan fingerprint density at radius 1 is 1.10 bits per heavy atom. The molecule has 1 aliphatic rings. The molecule has 0 saturated carbocycles. The first-order valence-electron chi connectivity index (χ1n) is 10.2. The van der Waals surface area contributed by atoms with Crippen LogP contribution in [-0.2, 0) is 16.1 Å². The minimum absolute atomic E-state index is 0.00887. The second-order valence-corrected chi connectivity index (χ2v) is 7.87. The average Bonchev–Trinajstić information content (AvgIpc) is 2.99. The molecular formula is C23H28FN3O2S. The molecule has 0 amide bonds. The fourth-order valence-electron chi connectivity index (χ4n) is 3.41. The van der Waals surface area contributed by atoms with Crippen LogP contribution in [0.1, 0.15) is 30.5 Å². The monoisotopic (exact) mass is 429 g/mol. The van der Waals surface area contributed by atoms with Crippen LogP contribution in [0.15, 0.2) is 54.6 Å². The molecule has 1 atom stereocenters. The van der Waals surface area contributed by atoms with Gasteiger partial charge in [-0.2, -0.15) is 0 Å². The number of halogens is 1. The van der Waals surface area contributed by atoms with E-state index in [9.17, 15) is 9.18 Å². The number of esters is 1. The quantitative estimate of drug-likeness (QED) is 0.560. The molecule has 0 spiro atoms. The lowest BCUT2D eigenvalue weighted by Crippen LogP contribution is -2.43. The predicted molar refractivity (Wildman–Crippen MR) is 119 cm³/mol. The second-order valence-electron chi connectivity index (χ2n) is 7.49. The molecular weight excluding hydrogens is 401 g/mol. The van der Waals surface area contributed by atoms with E-state index in [4.69, 9.17) is 17.0 Å². The van der Waals surface area contributed by atoms with Crippen LogP contribution in [0.4, 0.5) is 4.39 Å². The van der Waals surface area contributed by atoms with E-state index in [0.29, 0.717) is 11.7 Å². The summed E-state index contributed by atoms with van der Waals surface area (Å²) in [4.78, 5) is 16.4. The first-order valence-corrected chi connectivity index (χ1v) is 10.6. The lowest BCUT2D eigenvalue weighted by molar-refractivity contribution is -0.146. The average molecular weight is 430 g/mol. The van der Waals surface area contributed by atoms with Gasteiger partial charge in [0.15, 0.2) is 5.11 Å². The zero-order valence-corrected chi connectivity index (χ0v) is 18.0. The molecule has 2 aromatic rings. The number of nitrogens with one attached hydrogen (secondary N) is 1. The van der Waals surface area contributed by atoms with E-state index in [-0.39, 0.29) is 24.4 Å². The van der Waals surface area contributed by atoms with Crippen molar-refractivity contribution < 1.29 is 13.9 Å². The summed E-state index contributed by atoms with van der Waals surface area (Å²) in [5.74, 6) is -0.457. The number of benzene rings is 2. The van der Waals surface area contributed by atoms with E-state index >= 15 is 0 Å². The molecule has 2 aromatic carbocycles. The molecule has 1 unspecified atom stereocenters. The van der Waals surface area contributed by atoms with E-state index in [1.165, 1.54) is 12.1 Å². The molecule has 160 valence electrons. The van der Waals surface area contributed by atoms with Gasteiger partial charge in [-0.1, -0.05) is 42.5 Å². The number of nitrogens with zero attached hydrogens (tertiary/aromatic N) is 2. The third kappa shape index (κ3) is 6.78. The summed E-state index contributed by atoms with van der Waals surface area (Å²) in [5.41, 5.74) is 1.97. The maximum atomic E-state index is 13.1. The van der Waals surface area contributed by atoms with Gasteiger partial charge in [0, 0.05) is 26.2 Å². The Morgan fingerprint density at radius 2 is 1.83 bits per heavy atom. The highest BCUT2D eigenvalue weighted by atomic mass is 32.1. The molecule has 1 fully saturated rings.